The zero-order chi connectivity index (χ0) is 24.1. The second-order valence-corrected chi connectivity index (χ2v) is 8.44. The van der Waals surface area contributed by atoms with E-state index >= 15 is 0 Å². The minimum atomic E-state index is -0.386. The van der Waals surface area contributed by atoms with Crippen molar-refractivity contribution in [3.8, 4) is 0 Å². The van der Waals surface area contributed by atoms with Gasteiger partial charge in [-0.3, -0.25) is 19.7 Å². The number of piperidine rings is 1. The number of nitrogens with one attached hydrogen (secondary N) is 2. The maximum Gasteiger partial charge on any atom is 0.292 e. The Hall–Kier alpha value is -3.91. The highest BCUT2D eigenvalue weighted by molar-refractivity contribution is 6.30. The first-order chi connectivity index (χ1) is 16.4. The molecule has 1 saturated heterocycles. The van der Waals surface area contributed by atoms with Gasteiger partial charge in [0.15, 0.2) is 0 Å². The summed E-state index contributed by atoms with van der Waals surface area (Å²) in [6, 6.07) is 20.2. The zero-order valence-electron chi connectivity index (χ0n) is 18.2. The van der Waals surface area contributed by atoms with Crippen LogP contribution in [-0.4, -0.2) is 29.8 Å². The third-order valence-electron chi connectivity index (χ3n) is 5.82. The number of nitro groups is 1. The molecule has 3 aromatic carbocycles. The Morgan fingerprint density at radius 2 is 1.47 bits per heavy atom. The normalized spacial score (nSPS) is 13.9. The van der Waals surface area contributed by atoms with Crippen LogP contribution in [-0.2, 0) is 4.79 Å². The molecule has 0 radical (unpaired) electrons. The molecule has 8 nitrogen and oxygen atoms in total. The molecule has 34 heavy (non-hydrogen) atoms. The van der Waals surface area contributed by atoms with E-state index in [1.165, 1.54) is 6.07 Å². The van der Waals surface area contributed by atoms with Gasteiger partial charge in [0.25, 0.3) is 11.6 Å². The summed E-state index contributed by atoms with van der Waals surface area (Å²) in [6.45, 7) is 1.08. The van der Waals surface area contributed by atoms with E-state index in [9.17, 15) is 19.7 Å². The van der Waals surface area contributed by atoms with Crippen molar-refractivity contribution in [2.75, 3.05) is 28.6 Å². The SMILES string of the molecule is O=C(Nc1ccccc1NC(=O)C1CCN(c2ccccc2[N+](=O)[O-])CC1)c1ccc(Cl)cc1. The number of rotatable bonds is 6. The van der Waals surface area contributed by atoms with Crippen molar-refractivity contribution >= 4 is 46.2 Å². The number of nitrogens with zero attached hydrogens (tertiary/aromatic N) is 2. The Kier molecular flexibility index (Phi) is 7.08. The second kappa shape index (κ2) is 10.4. The average Bonchev–Trinajstić information content (AvgIpc) is 2.85. The smallest absolute Gasteiger partial charge is 0.292 e. The summed E-state index contributed by atoms with van der Waals surface area (Å²) >= 11 is 5.89. The maximum atomic E-state index is 13.0. The van der Waals surface area contributed by atoms with E-state index in [-0.39, 0.29) is 28.3 Å². The lowest BCUT2D eigenvalue weighted by molar-refractivity contribution is -0.384. The van der Waals surface area contributed by atoms with Crippen molar-refractivity contribution in [2.45, 2.75) is 12.8 Å². The number of hydrogen-bond donors (Lipinski definition) is 2. The van der Waals surface area contributed by atoms with E-state index < -0.39 is 0 Å². The van der Waals surface area contributed by atoms with Gasteiger partial charge in [-0.25, -0.2) is 0 Å². The predicted octanol–water partition coefficient (Wildman–Crippen LogP) is 5.36. The minimum absolute atomic E-state index is 0.0655. The lowest BCUT2D eigenvalue weighted by Gasteiger charge is -2.32. The number of carbonyl (C=O) groups excluding carboxylic acids is 2. The van der Waals surface area contributed by atoms with Gasteiger partial charge in [0.2, 0.25) is 5.91 Å². The molecule has 2 amide bonds. The van der Waals surface area contributed by atoms with Crippen LogP contribution < -0.4 is 15.5 Å². The first-order valence-corrected chi connectivity index (χ1v) is 11.3. The van der Waals surface area contributed by atoms with Gasteiger partial charge < -0.3 is 15.5 Å². The fourth-order valence-corrected chi connectivity index (χ4v) is 4.13. The molecule has 3 aromatic rings. The van der Waals surface area contributed by atoms with Crippen LogP contribution in [0.1, 0.15) is 23.2 Å². The van der Waals surface area contributed by atoms with Gasteiger partial charge in [0, 0.05) is 35.7 Å². The van der Waals surface area contributed by atoms with Crippen LogP contribution in [0.15, 0.2) is 72.8 Å². The molecule has 1 heterocycles. The Balaban J connectivity index is 1.39. The first-order valence-electron chi connectivity index (χ1n) is 10.9. The van der Waals surface area contributed by atoms with Gasteiger partial charge in [-0.2, -0.15) is 0 Å². The molecule has 1 fully saturated rings. The Labute approximate surface area is 201 Å². The molecule has 0 aliphatic carbocycles. The van der Waals surface area contributed by atoms with Crippen LogP contribution in [0.5, 0.6) is 0 Å². The number of nitro benzene ring substituents is 1. The molecule has 9 heteroatoms. The summed E-state index contributed by atoms with van der Waals surface area (Å²) < 4.78 is 0. The van der Waals surface area contributed by atoms with E-state index in [1.54, 1.807) is 66.7 Å². The molecule has 0 aromatic heterocycles. The summed E-state index contributed by atoms with van der Waals surface area (Å²) in [7, 11) is 0. The fourth-order valence-electron chi connectivity index (χ4n) is 4.00. The van der Waals surface area contributed by atoms with Crippen molar-refractivity contribution in [3.05, 3.63) is 93.5 Å². The van der Waals surface area contributed by atoms with Gasteiger partial charge >= 0.3 is 0 Å². The average molecular weight is 479 g/mol. The highest BCUT2D eigenvalue weighted by Gasteiger charge is 2.28. The van der Waals surface area contributed by atoms with Crippen LogP contribution in [0.25, 0.3) is 0 Å². The molecule has 0 atom stereocenters. The van der Waals surface area contributed by atoms with Crippen molar-refractivity contribution in [2.24, 2.45) is 5.92 Å². The first kappa shape index (κ1) is 23.3. The topological polar surface area (TPSA) is 105 Å². The van der Waals surface area contributed by atoms with Crippen LogP contribution in [0, 0.1) is 16.0 Å². The quantitative estimate of drug-likeness (QED) is 0.367. The third kappa shape index (κ3) is 5.35. The van der Waals surface area contributed by atoms with Gasteiger partial charge in [0.1, 0.15) is 5.69 Å². The van der Waals surface area contributed by atoms with Crippen LogP contribution in [0.3, 0.4) is 0 Å². The van der Waals surface area contributed by atoms with E-state index in [1.807, 2.05) is 4.90 Å². The Morgan fingerprint density at radius 1 is 0.882 bits per heavy atom. The van der Waals surface area contributed by atoms with Crippen LogP contribution in [0.2, 0.25) is 5.02 Å². The van der Waals surface area contributed by atoms with Crippen molar-refractivity contribution < 1.29 is 14.5 Å². The second-order valence-electron chi connectivity index (χ2n) is 8.00. The monoisotopic (exact) mass is 478 g/mol. The zero-order valence-corrected chi connectivity index (χ0v) is 19.0. The molecule has 0 spiro atoms. The van der Waals surface area contributed by atoms with E-state index in [0.29, 0.717) is 53.6 Å². The largest absolute Gasteiger partial charge is 0.366 e. The van der Waals surface area contributed by atoms with Crippen molar-refractivity contribution in [1.82, 2.24) is 0 Å². The molecule has 2 N–H and O–H groups in total. The van der Waals surface area contributed by atoms with Gasteiger partial charge in [-0.15, -0.1) is 0 Å². The Morgan fingerprint density at radius 3 is 2.12 bits per heavy atom. The highest BCUT2D eigenvalue weighted by Crippen LogP contribution is 2.32. The van der Waals surface area contributed by atoms with Crippen LogP contribution >= 0.6 is 11.6 Å². The van der Waals surface area contributed by atoms with Gasteiger partial charge in [0.05, 0.1) is 16.3 Å². The summed E-state index contributed by atoms with van der Waals surface area (Å²) in [6.07, 6.45) is 1.13. The molecule has 0 unspecified atom stereocenters. The molecule has 0 saturated carbocycles. The van der Waals surface area contributed by atoms with Crippen molar-refractivity contribution in [3.63, 3.8) is 0 Å². The fraction of sp³-hybridized carbons (Fsp3) is 0.200. The molecular weight excluding hydrogens is 456 g/mol. The van der Waals surface area contributed by atoms with E-state index in [4.69, 9.17) is 11.6 Å². The van der Waals surface area contributed by atoms with Gasteiger partial charge in [-0.05, 0) is 55.3 Å². The lowest BCUT2D eigenvalue weighted by atomic mass is 9.95. The maximum absolute atomic E-state index is 13.0. The number of hydrogen-bond acceptors (Lipinski definition) is 5. The molecule has 1 aliphatic heterocycles. The Bertz CT molecular complexity index is 1210. The lowest BCUT2D eigenvalue weighted by Crippen LogP contribution is -2.38. The highest BCUT2D eigenvalue weighted by atomic mass is 35.5. The summed E-state index contributed by atoms with van der Waals surface area (Å²) in [5.41, 5.74) is 2.09. The number of benzene rings is 3. The standard InChI is InChI=1S/C25H23ClN4O4/c26-19-11-9-17(10-12-19)24(31)27-20-5-1-2-6-21(20)28-25(32)18-13-15-29(16-14-18)22-7-3-4-8-23(22)30(33)34/h1-12,18H,13-16H2,(H,27,31)(H,28,32). The third-order valence-corrected chi connectivity index (χ3v) is 6.08. The number of anilines is 3. The predicted molar refractivity (Wildman–Crippen MR) is 133 cm³/mol. The molecular formula is C25H23ClN4O4. The summed E-state index contributed by atoms with van der Waals surface area (Å²) in [5.74, 6) is -0.689. The van der Waals surface area contributed by atoms with E-state index in [0.717, 1.165) is 0 Å². The number of carbonyl (C=O) groups is 2. The van der Waals surface area contributed by atoms with Crippen LogP contribution in [0.4, 0.5) is 22.7 Å². The molecule has 0 bridgehead atoms. The number of para-hydroxylation sites is 4. The van der Waals surface area contributed by atoms with E-state index in [2.05, 4.69) is 10.6 Å². The molecule has 174 valence electrons. The molecule has 1 aliphatic rings. The molecule has 4 rings (SSSR count). The number of halogens is 1. The number of amides is 2. The van der Waals surface area contributed by atoms with Gasteiger partial charge in [-0.1, -0.05) is 35.9 Å². The summed E-state index contributed by atoms with van der Waals surface area (Å²) in [5, 5.41) is 17.6. The minimum Gasteiger partial charge on any atom is -0.366 e. The van der Waals surface area contributed by atoms with Crippen molar-refractivity contribution in [1.29, 1.82) is 0 Å². The summed E-state index contributed by atoms with van der Waals surface area (Å²) in [4.78, 5) is 38.5.